The van der Waals surface area contributed by atoms with E-state index >= 15 is 0 Å². The van der Waals surface area contributed by atoms with Crippen LogP contribution in [-0.2, 0) is 18.9 Å². The lowest BCUT2D eigenvalue weighted by Crippen LogP contribution is -2.20. The molecule has 2 aliphatic heterocycles. The number of epoxide rings is 2. The molecule has 7 nitrogen and oxygen atoms in total. The Bertz CT molecular complexity index is 250. The fourth-order valence-electron chi connectivity index (χ4n) is 0.840. The molecule has 0 aliphatic carbocycles. The van der Waals surface area contributed by atoms with E-state index < -0.39 is 20.5 Å². The topological polar surface area (TPSA) is 89.7 Å². The van der Waals surface area contributed by atoms with Crippen LogP contribution < -0.4 is 5.09 Å². The van der Waals surface area contributed by atoms with Crippen molar-refractivity contribution < 1.29 is 28.5 Å². The van der Waals surface area contributed by atoms with Crippen molar-refractivity contribution in [2.75, 3.05) is 26.4 Å². The van der Waals surface area contributed by atoms with Gasteiger partial charge in [-0.2, -0.15) is 0 Å². The lowest BCUT2D eigenvalue weighted by Gasteiger charge is -2.05. The lowest BCUT2D eigenvalue weighted by atomic mass is 10.5. The molecule has 2 aliphatic rings. The van der Waals surface area contributed by atoms with Crippen LogP contribution in [0.25, 0.3) is 0 Å². The molecule has 3 unspecified atom stereocenters. The van der Waals surface area contributed by atoms with Gasteiger partial charge in [0.25, 0.3) is 0 Å². The van der Waals surface area contributed by atoms with Gasteiger partial charge in [-0.1, -0.05) is 0 Å². The molecule has 0 aromatic heterocycles. The van der Waals surface area contributed by atoms with Crippen molar-refractivity contribution in [2.24, 2.45) is 0 Å². The van der Waals surface area contributed by atoms with Crippen LogP contribution in [0.4, 0.5) is 9.59 Å². The van der Waals surface area contributed by atoms with E-state index in [9.17, 15) is 9.59 Å². The van der Waals surface area contributed by atoms with E-state index in [1.807, 2.05) is 0 Å². The predicted molar refractivity (Wildman–Crippen MR) is 53.6 cm³/mol. The van der Waals surface area contributed by atoms with Crippen LogP contribution in [-0.4, -0.2) is 50.4 Å². The number of ether oxygens (including phenoxy) is 4. The van der Waals surface area contributed by atoms with Gasteiger partial charge in [0, 0.05) is 0 Å². The van der Waals surface area contributed by atoms with Crippen molar-refractivity contribution in [1.82, 2.24) is 5.09 Å². The first kappa shape index (κ1) is 11.6. The number of hydrogen-bond acceptors (Lipinski definition) is 6. The molecule has 16 heavy (non-hydrogen) atoms. The SMILES string of the molecule is O=C(NPC(=O)OCC1CO1)OCC1CO1. The van der Waals surface area contributed by atoms with E-state index in [-0.39, 0.29) is 25.4 Å². The number of amides is 1. The minimum Gasteiger partial charge on any atom is -0.459 e. The number of hydrogen-bond donors (Lipinski definition) is 1. The van der Waals surface area contributed by atoms with E-state index in [1.165, 1.54) is 0 Å². The number of carbonyl (C=O) groups is 2. The predicted octanol–water partition coefficient (Wildman–Crippen LogP) is 0.240. The summed E-state index contributed by atoms with van der Waals surface area (Å²) in [5, 5.41) is 2.31. The molecule has 3 atom stereocenters. The fourth-order valence-corrected chi connectivity index (χ4v) is 1.27. The Morgan fingerprint density at radius 2 is 1.75 bits per heavy atom. The third-order valence-corrected chi connectivity index (χ3v) is 2.55. The van der Waals surface area contributed by atoms with Crippen molar-refractivity contribution in [2.45, 2.75) is 12.2 Å². The Kier molecular flexibility index (Phi) is 3.93. The van der Waals surface area contributed by atoms with Gasteiger partial charge >= 0.3 is 11.8 Å². The Morgan fingerprint density at radius 3 is 2.31 bits per heavy atom. The maximum absolute atomic E-state index is 11.1. The van der Waals surface area contributed by atoms with Crippen molar-refractivity contribution in [3.63, 3.8) is 0 Å². The summed E-state index contributed by atoms with van der Waals surface area (Å²) in [5.41, 5.74) is -0.477. The molecule has 2 saturated heterocycles. The smallest absolute Gasteiger partial charge is 0.410 e. The molecule has 0 saturated carbocycles. The zero-order chi connectivity index (χ0) is 11.4. The maximum Gasteiger partial charge on any atom is 0.410 e. The summed E-state index contributed by atoms with van der Waals surface area (Å²) in [4.78, 5) is 22.1. The maximum atomic E-state index is 11.1. The highest BCUT2D eigenvalue weighted by atomic mass is 31.1. The minimum absolute atomic E-state index is 0.0213. The van der Waals surface area contributed by atoms with Gasteiger partial charge in [0.2, 0.25) is 0 Å². The van der Waals surface area contributed by atoms with Crippen LogP contribution in [0.1, 0.15) is 0 Å². The van der Waals surface area contributed by atoms with Crippen molar-refractivity contribution in [1.29, 1.82) is 0 Å². The summed E-state index contributed by atoms with van der Waals surface area (Å²) in [7, 11) is -0.445. The highest BCUT2D eigenvalue weighted by molar-refractivity contribution is 7.55. The quantitative estimate of drug-likeness (QED) is 0.535. The molecule has 0 bridgehead atoms. The molecule has 0 aromatic carbocycles. The van der Waals surface area contributed by atoms with Gasteiger partial charge in [-0.15, -0.1) is 0 Å². The van der Waals surface area contributed by atoms with E-state index in [2.05, 4.69) is 5.09 Å². The molecule has 2 rings (SSSR count). The second-order valence-corrected chi connectivity index (χ2v) is 4.27. The zero-order valence-electron chi connectivity index (χ0n) is 8.43. The highest BCUT2D eigenvalue weighted by Crippen LogP contribution is 2.14. The third-order valence-electron chi connectivity index (χ3n) is 1.87. The molecule has 0 aromatic rings. The summed E-state index contributed by atoms with van der Waals surface area (Å²) < 4.78 is 19.3. The lowest BCUT2D eigenvalue weighted by molar-refractivity contribution is 0.141. The average Bonchev–Trinajstić information content (AvgIpc) is 3.15. The highest BCUT2D eigenvalue weighted by Gasteiger charge is 2.25. The van der Waals surface area contributed by atoms with Crippen LogP contribution in [0.5, 0.6) is 0 Å². The van der Waals surface area contributed by atoms with Crippen LogP contribution >= 0.6 is 8.73 Å². The standard InChI is InChI=1S/C8H12NO6P/c10-7(14-3-5-1-12-5)9-16-8(11)15-4-6-2-13-6/h5-6,16H,1-4H2,(H,9,10). The zero-order valence-corrected chi connectivity index (χ0v) is 9.43. The van der Waals surface area contributed by atoms with Gasteiger partial charge in [-0.25, -0.2) is 9.59 Å². The van der Waals surface area contributed by atoms with E-state index in [4.69, 9.17) is 18.9 Å². The van der Waals surface area contributed by atoms with E-state index in [0.717, 1.165) is 0 Å². The Labute approximate surface area is 93.6 Å². The normalized spacial score (nSPS) is 26.5. The average molecular weight is 249 g/mol. The number of carbonyl (C=O) groups excluding carboxylic acids is 2. The summed E-state index contributed by atoms with van der Waals surface area (Å²) in [5.74, 6) is 0. The van der Waals surface area contributed by atoms with Gasteiger partial charge in [0.1, 0.15) is 25.4 Å². The van der Waals surface area contributed by atoms with Crippen molar-refractivity contribution in [3.8, 4) is 0 Å². The van der Waals surface area contributed by atoms with E-state index in [0.29, 0.717) is 13.2 Å². The molecule has 2 fully saturated rings. The van der Waals surface area contributed by atoms with Gasteiger partial charge in [0.15, 0.2) is 0 Å². The van der Waals surface area contributed by atoms with Crippen molar-refractivity contribution in [3.05, 3.63) is 0 Å². The molecular formula is C8H12NO6P. The summed E-state index contributed by atoms with van der Waals surface area (Å²) in [6.07, 6.45) is -0.575. The van der Waals surface area contributed by atoms with Crippen LogP contribution in [0, 0.1) is 0 Å². The Balaban J connectivity index is 1.47. The van der Waals surface area contributed by atoms with E-state index in [1.54, 1.807) is 0 Å². The van der Waals surface area contributed by atoms with Gasteiger partial charge in [0.05, 0.1) is 21.9 Å². The van der Waals surface area contributed by atoms with Gasteiger partial charge in [-0.3, -0.25) is 5.09 Å². The van der Waals surface area contributed by atoms with Gasteiger partial charge < -0.3 is 18.9 Å². The molecular weight excluding hydrogens is 237 g/mol. The van der Waals surface area contributed by atoms with Gasteiger partial charge in [-0.05, 0) is 0 Å². The number of nitrogens with one attached hydrogen (secondary N) is 1. The molecule has 0 radical (unpaired) electrons. The van der Waals surface area contributed by atoms with Crippen LogP contribution in [0.15, 0.2) is 0 Å². The molecule has 1 N–H and O–H groups in total. The number of rotatable bonds is 6. The molecule has 0 spiro atoms. The first-order valence-corrected chi connectivity index (χ1v) is 5.83. The summed E-state index contributed by atoms with van der Waals surface area (Å²) in [6.45, 7) is 1.73. The monoisotopic (exact) mass is 249 g/mol. The molecule has 2 heterocycles. The van der Waals surface area contributed by atoms with Crippen LogP contribution in [0.3, 0.4) is 0 Å². The van der Waals surface area contributed by atoms with Crippen molar-refractivity contribution >= 4 is 20.5 Å². The second kappa shape index (κ2) is 5.43. The summed E-state index contributed by atoms with van der Waals surface area (Å²) >= 11 is 0. The minimum atomic E-state index is -0.631. The Morgan fingerprint density at radius 1 is 1.19 bits per heavy atom. The first-order chi connectivity index (χ1) is 7.74. The summed E-state index contributed by atoms with van der Waals surface area (Å²) in [6, 6.07) is 0. The third kappa shape index (κ3) is 4.74. The molecule has 1 amide bonds. The first-order valence-electron chi connectivity index (χ1n) is 4.83. The largest absolute Gasteiger partial charge is 0.459 e. The van der Waals surface area contributed by atoms with Crippen LogP contribution in [0.2, 0.25) is 0 Å². The molecule has 90 valence electrons. The second-order valence-electron chi connectivity index (χ2n) is 3.36. The molecule has 8 heteroatoms. The Hall–Kier alpha value is -0.910. The fraction of sp³-hybridized carbons (Fsp3) is 0.750.